The normalized spacial score (nSPS) is 19.8. The topological polar surface area (TPSA) is 58.2 Å². The molecule has 0 radical (unpaired) electrons. The summed E-state index contributed by atoms with van der Waals surface area (Å²) in [6, 6.07) is 5.55. The van der Waals surface area contributed by atoms with Gasteiger partial charge in [-0.05, 0) is 59.9 Å². The van der Waals surface area contributed by atoms with E-state index in [-0.39, 0.29) is 4.90 Å². The molecule has 0 aromatic heterocycles. The van der Waals surface area contributed by atoms with Crippen molar-refractivity contribution in [2.75, 3.05) is 13.1 Å². The highest BCUT2D eigenvalue weighted by molar-refractivity contribution is 9.11. The van der Waals surface area contributed by atoms with Crippen LogP contribution in [0.2, 0.25) is 0 Å². The Morgan fingerprint density at radius 2 is 2.16 bits per heavy atom. The Balaban J connectivity index is 1.99. The SMILES string of the molecule is O=S(=O)(NCC[C@H]1CCCN1)c1cc(Br)ccc1Br. The summed E-state index contributed by atoms with van der Waals surface area (Å²) in [6.07, 6.45) is 3.13. The molecular weight excluding hydrogens is 396 g/mol. The summed E-state index contributed by atoms with van der Waals surface area (Å²) in [6.45, 7) is 1.49. The monoisotopic (exact) mass is 410 g/mol. The van der Waals surface area contributed by atoms with E-state index in [1.807, 2.05) is 0 Å². The second kappa shape index (κ2) is 6.67. The Morgan fingerprint density at radius 3 is 2.84 bits per heavy atom. The first-order valence-corrected chi connectivity index (χ1v) is 9.24. The van der Waals surface area contributed by atoms with Crippen molar-refractivity contribution in [1.82, 2.24) is 10.0 Å². The van der Waals surface area contributed by atoms with Crippen molar-refractivity contribution in [3.8, 4) is 0 Å². The fourth-order valence-corrected chi connectivity index (χ4v) is 4.68. The van der Waals surface area contributed by atoms with Gasteiger partial charge < -0.3 is 5.32 Å². The van der Waals surface area contributed by atoms with Gasteiger partial charge in [-0.15, -0.1) is 0 Å². The maximum absolute atomic E-state index is 12.2. The molecule has 0 bridgehead atoms. The maximum atomic E-state index is 12.2. The second-order valence-corrected chi connectivity index (χ2v) is 8.06. The molecule has 1 aromatic rings. The molecule has 1 aliphatic heterocycles. The van der Waals surface area contributed by atoms with Crippen molar-refractivity contribution in [1.29, 1.82) is 0 Å². The van der Waals surface area contributed by atoms with E-state index in [1.54, 1.807) is 18.2 Å². The molecule has 1 aromatic carbocycles. The molecule has 106 valence electrons. The van der Waals surface area contributed by atoms with Crippen molar-refractivity contribution in [3.05, 3.63) is 27.1 Å². The lowest BCUT2D eigenvalue weighted by Crippen LogP contribution is -2.30. The second-order valence-electron chi connectivity index (χ2n) is 4.55. The van der Waals surface area contributed by atoms with E-state index in [0.29, 0.717) is 17.1 Å². The minimum Gasteiger partial charge on any atom is -0.314 e. The summed E-state index contributed by atoms with van der Waals surface area (Å²) in [5, 5.41) is 3.35. The Labute approximate surface area is 130 Å². The molecular formula is C12H16Br2N2O2S. The van der Waals surface area contributed by atoms with Crippen LogP contribution in [-0.4, -0.2) is 27.5 Å². The molecule has 0 spiro atoms. The van der Waals surface area contributed by atoms with Crippen LogP contribution in [0.5, 0.6) is 0 Å². The van der Waals surface area contributed by atoms with Gasteiger partial charge in [0, 0.05) is 21.5 Å². The molecule has 19 heavy (non-hydrogen) atoms. The lowest BCUT2D eigenvalue weighted by atomic mass is 10.2. The Bertz CT molecular complexity index is 543. The largest absolute Gasteiger partial charge is 0.314 e. The molecule has 1 aliphatic rings. The van der Waals surface area contributed by atoms with Gasteiger partial charge in [0.05, 0.1) is 4.90 Å². The molecule has 0 aliphatic carbocycles. The first-order chi connectivity index (χ1) is 8.99. The lowest BCUT2D eigenvalue weighted by molar-refractivity contribution is 0.539. The first kappa shape index (κ1) is 15.4. The van der Waals surface area contributed by atoms with E-state index >= 15 is 0 Å². The Morgan fingerprint density at radius 1 is 1.37 bits per heavy atom. The summed E-state index contributed by atoms with van der Waals surface area (Å²) < 4.78 is 28.4. The smallest absolute Gasteiger partial charge is 0.241 e. The van der Waals surface area contributed by atoms with Crippen molar-refractivity contribution in [3.63, 3.8) is 0 Å². The minimum atomic E-state index is -3.46. The van der Waals surface area contributed by atoms with Gasteiger partial charge in [0.1, 0.15) is 0 Å². The quantitative estimate of drug-likeness (QED) is 0.782. The van der Waals surface area contributed by atoms with Crippen molar-refractivity contribution in [2.45, 2.75) is 30.2 Å². The zero-order valence-corrected chi connectivity index (χ0v) is 14.3. The van der Waals surface area contributed by atoms with Gasteiger partial charge in [-0.3, -0.25) is 0 Å². The van der Waals surface area contributed by atoms with Crippen LogP contribution in [0.1, 0.15) is 19.3 Å². The number of rotatable bonds is 5. The average Bonchev–Trinajstić information content (AvgIpc) is 2.85. The third-order valence-electron chi connectivity index (χ3n) is 3.13. The summed E-state index contributed by atoms with van der Waals surface area (Å²) in [5.74, 6) is 0. The molecule has 1 atom stereocenters. The van der Waals surface area contributed by atoms with Crippen LogP contribution >= 0.6 is 31.9 Å². The third-order valence-corrected chi connectivity index (χ3v) is 6.08. The highest BCUT2D eigenvalue weighted by Gasteiger charge is 2.19. The standard InChI is InChI=1S/C12H16Br2N2O2S/c13-9-3-4-11(14)12(8-9)19(17,18)16-7-5-10-2-1-6-15-10/h3-4,8,10,15-16H,1-2,5-7H2/t10-/m1/s1. The Kier molecular flexibility index (Phi) is 5.42. The highest BCUT2D eigenvalue weighted by Crippen LogP contribution is 2.25. The van der Waals surface area contributed by atoms with Crippen molar-refractivity contribution >= 4 is 41.9 Å². The van der Waals surface area contributed by atoms with E-state index in [1.165, 1.54) is 6.42 Å². The molecule has 2 rings (SSSR count). The molecule has 0 saturated carbocycles. The molecule has 2 N–H and O–H groups in total. The van der Waals surface area contributed by atoms with Gasteiger partial charge in [0.25, 0.3) is 0 Å². The summed E-state index contributed by atoms with van der Waals surface area (Å²) >= 11 is 6.56. The molecule has 4 nitrogen and oxygen atoms in total. The van der Waals surface area contributed by atoms with E-state index in [9.17, 15) is 8.42 Å². The number of benzene rings is 1. The van der Waals surface area contributed by atoms with Crippen LogP contribution in [0.25, 0.3) is 0 Å². The van der Waals surface area contributed by atoms with Crippen LogP contribution in [0, 0.1) is 0 Å². The van der Waals surface area contributed by atoms with Crippen LogP contribution < -0.4 is 10.0 Å². The van der Waals surface area contributed by atoms with E-state index < -0.39 is 10.0 Å². The predicted molar refractivity (Wildman–Crippen MR) is 82.7 cm³/mol. The van der Waals surface area contributed by atoms with Gasteiger partial charge in [-0.25, -0.2) is 13.1 Å². The van der Waals surface area contributed by atoms with Crippen LogP contribution in [0.4, 0.5) is 0 Å². The number of nitrogens with one attached hydrogen (secondary N) is 2. The van der Waals surface area contributed by atoms with Crippen molar-refractivity contribution in [2.24, 2.45) is 0 Å². The van der Waals surface area contributed by atoms with Crippen LogP contribution in [-0.2, 0) is 10.0 Å². The zero-order valence-electron chi connectivity index (χ0n) is 10.3. The first-order valence-electron chi connectivity index (χ1n) is 6.17. The van der Waals surface area contributed by atoms with Crippen LogP contribution in [0.3, 0.4) is 0 Å². The Hall–Kier alpha value is 0.0500. The fourth-order valence-electron chi connectivity index (χ4n) is 2.13. The van der Waals surface area contributed by atoms with E-state index in [4.69, 9.17) is 0 Å². The number of halogens is 2. The molecule has 1 heterocycles. The van der Waals surface area contributed by atoms with E-state index in [0.717, 1.165) is 23.9 Å². The zero-order chi connectivity index (χ0) is 13.9. The molecule has 1 saturated heterocycles. The van der Waals surface area contributed by atoms with Gasteiger partial charge in [-0.1, -0.05) is 15.9 Å². The summed E-state index contributed by atoms with van der Waals surface area (Å²) in [4.78, 5) is 0.265. The van der Waals surface area contributed by atoms with Gasteiger partial charge in [0.2, 0.25) is 10.0 Å². The van der Waals surface area contributed by atoms with Crippen LogP contribution in [0.15, 0.2) is 32.0 Å². The molecule has 0 unspecified atom stereocenters. The molecule has 1 fully saturated rings. The van der Waals surface area contributed by atoms with Gasteiger partial charge >= 0.3 is 0 Å². The molecule has 7 heteroatoms. The highest BCUT2D eigenvalue weighted by atomic mass is 79.9. The lowest BCUT2D eigenvalue weighted by Gasteiger charge is -2.12. The number of hydrogen-bond donors (Lipinski definition) is 2. The summed E-state index contributed by atoms with van der Waals surface area (Å²) in [5.41, 5.74) is 0. The van der Waals surface area contributed by atoms with E-state index in [2.05, 4.69) is 41.9 Å². The maximum Gasteiger partial charge on any atom is 0.241 e. The number of hydrogen-bond acceptors (Lipinski definition) is 3. The fraction of sp³-hybridized carbons (Fsp3) is 0.500. The predicted octanol–water partition coefficient (Wildman–Crippen LogP) is 2.63. The average molecular weight is 412 g/mol. The number of sulfonamides is 1. The molecule has 0 amide bonds. The van der Waals surface area contributed by atoms with Crippen molar-refractivity contribution < 1.29 is 8.42 Å². The third kappa shape index (κ3) is 4.26. The van der Waals surface area contributed by atoms with Gasteiger partial charge in [-0.2, -0.15) is 0 Å². The minimum absolute atomic E-state index is 0.265. The van der Waals surface area contributed by atoms with Gasteiger partial charge in [0.15, 0.2) is 0 Å². The summed E-state index contributed by atoms with van der Waals surface area (Å²) in [7, 11) is -3.46.